The lowest BCUT2D eigenvalue weighted by molar-refractivity contribution is -0.140. The molecule has 4 rings (SSSR count). The summed E-state index contributed by atoms with van der Waals surface area (Å²) in [5.74, 6) is -0.133. The van der Waals surface area contributed by atoms with E-state index < -0.39 is 28.5 Å². The minimum absolute atomic E-state index is 0.0353. The highest BCUT2D eigenvalue weighted by Gasteiger charge is 2.34. The van der Waals surface area contributed by atoms with Gasteiger partial charge in [0.15, 0.2) is 0 Å². The van der Waals surface area contributed by atoms with E-state index >= 15 is 0 Å². The molecule has 1 N–H and O–H groups in total. The zero-order valence-electron chi connectivity index (χ0n) is 24.9. The third-order valence-electron chi connectivity index (χ3n) is 7.94. The van der Waals surface area contributed by atoms with Gasteiger partial charge in [-0.15, -0.1) is 0 Å². The molecule has 0 aliphatic heterocycles. The van der Waals surface area contributed by atoms with Crippen molar-refractivity contribution in [2.24, 2.45) is 0 Å². The average molecular weight is 592 g/mol. The molecule has 0 heterocycles. The molecule has 42 heavy (non-hydrogen) atoms. The van der Waals surface area contributed by atoms with Gasteiger partial charge in [-0.2, -0.15) is 0 Å². The highest BCUT2D eigenvalue weighted by atomic mass is 32.2. The second-order valence-corrected chi connectivity index (χ2v) is 12.7. The minimum atomic E-state index is -4.14. The van der Waals surface area contributed by atoms with Crippen LogP contribution < -0.4 is 14.4 Å². The third-order valence-corrected chi connectivity index (χ3v) is 9.73. The summed E-state index contributed by atoms with van der Waals surface area (Å²) in [5.41, 5.74) is 3.22. The number of anilines is 1. The number of nitrogens with one attached hydrogen (secondary N) is 1. The van der Waals surface area contributed by atoms with Crippen molar-refractivity contribution in [3.05, 3.63) is 89.5 Å². The van der Waals surface area contributed by atoms with E-state index in [2.05, 4.69) is 5.32 Å². The van der Waals surface area contributed by atoms with E-state index in [1.165, 1.54) is 24.1 Å². The highest BCUT2D eigenvalue weighted by Crippen LogP contribution is 2.27. The van der Waals surface area contributed by atoms with E-state index in [0.29, 0.717) is 17.9 Å². The molecule has 0 spiro atoms. The van der Waals surface area contributed by atoms with Crippen LogP contribution in [0.3, 0.4) is 0 Å². The molecule has 9 heteroatoms. The van der Waals surface area contributed by atoms with Gasteiger partial charge in [0.05, 0.1) is 17.7 Å². The number of ether oxygens (including phenoxy) is 1. The van der Waals surface area contributed by atoms with Crippen LogP contribution in [0.5, 0.6) is 5.75 Å². The topological polar surface area (TPSA) is 96.0 Å². The van der Waals surface area contributed by atoms with E-state index in [1.54, 1.807) is 24.3 Å². The number of rotatable bonds is 12. The average Bonchev–Trinajstić information content (AvgIpc) is 3.50. The number of sulfonamides is 1. The van der Waals surface area contributed by atoms with E-state index in [4.69, 9.17) is 4.74 Å². The first-order valence-corrected chi connectivity index (χ1v) is 16.0. The largest absolute Gasteiger partial charge is 0.497 e. The summed E-state index contributed by atoms with van der Waals surface area (Å²) >= 11 is 0. The van der Waals surface area contributed by atoms with Gasteiger partial charge in [-0.25, -0.2) is 8.42 Å². The van der Waals surface area contributed by atoms with Gasteiger partial charge in [0.1, 0.15) is 18.3 Å². The van der Waals surface area contributed by atoms with Crippen molar-refractivity contribution in [1.82, 2.24) is 10.2 Å². The maximum absolute atomic E-state index is 14.2. The van der Waals surface area contributed by atoms with E-state index in [1.807, 2.05) is 57.2 Å². The predicted molar refractivity (Wildman–Crippen MR) is 165 cm³/mol. The first kappa shape index (κ1) is 31.1. The van der Waals surface area contributed by atoms with Gasteiger partial charge < -0.3 is 15.0 Å². The van der Waals surface area contributed by atoms with Gasteiger partial charge in [0.2, 0.25) is 11.8 Å². The molecule has 1 saturated carbocycles. The number of carbonyl (C=O) groups excluding carboxylic acids is 2. The second kappa shape index (κ2) is 13.9. The Labute approximate surface area is 249 Å². The zero-order chi connectivity index (χ0) is 30.3. The number of nitrogens with zero attached hydrogens (tertiary/aromatic N) is 2. The molecule has 2 amide bonds. The molecular weight excluding hydrogens is 550 g/mol. The Hall–Kier alpha value is -3.85. The van der Waals surface area contributed by atoms with E-state index in [9.17, 15) is 18.0 Å². The predicted octanol–water partition coefficient (Wildman–Crippen LogP) is 5.37. The Balaban J connectivity index is 1.71. The smallest absolute Gasteiger partial charge is 0.264 e. The SMILES string of the molecule is CC[C@H](C(=O)NC1CCCC1)N(Cc1ccccc1C)C(=O)CN(c1ccc(C)cc1)S(=O)(=O)c1ccc(OC)cc1. The zero-order valence-corrected chi connectivity index (χ0v) is 25.7. The maximum Gasteiger partial charge on any atom is 0.264 e. The number of hydrogen-bond acceptors (Lipinski definition) is 5. The van der Waals surface area contributed by atoms with Gasteiger partial charge in [-0.05, 0) is 80.6 Å². The van der Waals surface area contributed by atoms with Gasteiger partial charge in [-0.3, -0.25) is 13.9 Å². The fourth-order valence-electron chi connectivity index (χ4n) is 5.37. The molecule has 3 aromatic rings. The lowest BCUT2D eigenvalue weighted by Gasteiger charge is -2.34. The molecule has 3 aromatic carbocycles. The summed E-state index contributed by atoms with van der Waals surface area (Å²) in [6, 6.07) is 20.2. The van der Waals surface area contributed by atoms with Crippen LogP contribution in [-0.4, -0.2) is 50.9 Å². The van der Waals surface area contributed by atoms with Crippen molar-refractivity contribution in [3.63, 3.8) is 0 Å². The van der Waals surface area contributed by atoms with Crippen LogP contribution in [0.15, 0.2) is 77.7 Å². The van der Waals surface area contributed by atoms with Crippen LogP contribution in [0, 0.1) is 13.8 Å². The van der Waals surface area contributed by atoms with Crippen LogP contribution in [-0.2, 0) is 26.2 Å². The first-order chi connectivity index (χ1) is 20.1. The molecule has 1 aliphatic carbocycles. The molecule has 0 radical (unpaired) electrons. The minimum Gasteiger partial charge on any atom is -0.497 e. The molecule has 0 unspecified atom stereocenters. The van der Waals surface area contributed by atoms with Gasteiger partial charge in [0, 0.05) is 12.6 Å². The molecule has 1 aliphatic rings. The number of methoxy groups -OCH3 is 1. The molecular formula is C33H41N3O5S. The lowest BCUT2D eigenvalue weighted by atomic mass is 10.1. The monoisotopic (exact) mass is 591 g/mol. The van der Waals surface area contributed by atoms with E-state index in [0.717, 1.165) is 46.7 Å². The lowest BCUT2D eigenvalue weighted by Crippen LogP contribution is -2.53. The van der Waals surface area contributed by atoms with Crippen LogP contribution >= 0.6 is 0 Å². The Morgan fingerprint density at radius 2 is 1.60 bits per heavy atom. The van der Waals surface area contributed by atoms with Gasteiger partial charge >= 0.3 is 0 Å². The van der Waals surface area contributed by atoms with Crippen LogP contribution in [0.25, 0.3) is 0 Å². The van der Waals surface area contributed by atoms with Crippen molar-refractivity contribution in [1.29, 1.82) is 0 Å². The summed E-state index contributed by atoms with van der Waals surface area (Å²) in [6.45, 7) is 5.48. The fourth-order valence-corrected chi connectivity index (χ4v) is 6.79. The summed E-state index contributed by atoms with van der Waals surface area (Å²) in [6.07, 6.45) is 4.39. The third kappa shape index (κ3) is 7.31. The molecule has 0 aromatic heterocycles. The van der Waals surface area contributed by atoms with E-state index in [-0.39, 0.29) is 23.4 Å². The number of benzene rings is 3. The number of hydrogen-bond donors (Lipinski definition) is 1. The summed E-state index contributed by atoms with van der Waals surface area (Å²) in [7, 11) is -2.63. The van der Waals surface area contributed by atoms with Crippen LogP contribution in [0.2, 0.25) is 0 Å². The van der Waals surface area contributed by atoms with Crippen molar-refractivity contribution in [2.45, 2.75) is 76.4 Å². The summed E-state index contributed by atoms with van der Waals surface area (Å²) in [4.78, 5) is 29.4. The van der Waals surface area contributed by atoms with Gasteiger partial charge in [-0.1, -0.05) is 61.7 Å². The molecule has 1 atom stereocenters. The number of aryl methyl sites for hydroxylation is 2. The Morgan fingerprint density at radius 3 is 2.19 bits per heavy atom. The highest BCUT2D eigenvalue weighted by molar-refractivity contribution is 7.92. The molecule has 8 nitrogen and oxygen atoms in total. The summed E-state index contributed by atoms with van der Waals surface area (Å²) in [5, 5.41) is 3.15. The van der Waals surface area contributed by atoms with Gasteiger partial charge in [0.25, 0.3) is 10.0 Å². The standard InChI is InChI=1S/C33H41N3O5S/c1-5-31(33(38)34-27-12-8-9-13-27)35(22-26-11-7-6-10-25(26)3)32(37)23-36(28-16-14-24(2)15-17-28)42(39,40)30-20-18-29(41-4)19-21-30/h6-7,10-11,14-21,27,31H,5,8-9,12-13,22-23H2,1-4H3,(H,34,38)/t31-/m1/s1. The van der Waals surface area contributed by atoms with Crippen LogP contribution in [0.1, 0.15) is 55.7 Å². The maximum atomic E-state index is 14.2. The molecule has 1 fully saturated rings. The Kier molecular flexibility index (Phi) is 10.3. The molecule has 0 saturated heterocycles. The van der Waals surface area contributed by atoms with Crippen molar-refractivity contribution >= 4 is 27.5 Å². The van der Waals surface area contributed by atoms with Crippen molar-refractivity contribution < 1.29 is 22.7 Å². The number of amides is 2. The van der Waals surface area contributed by atoms with Crippen LogP contribution in [0.4, 0.5) is 5.69 Å². The van der Waals surface area contributed by atoms with Crippen molar-refractivity contribution in [2.75, 3.05) is 18.0 Å². The first-order valence-electron chi connectivity index (χ1n) is 14.5. The normalized spacial score (nSPS) is 14.3. The molecule has 0 bridgehead atoms. The quantitative estimate of drug-likeness (QED) is 0.305. The summed E-state index contributed by atoms with van der Waals surface area (Å²) < 4.78 is 34.4. The molecule has 224 valence electrons. The number of carbonyl (C=O) groups is 2. The fraction of sp³-hybridized carbons (Fsp3) is 0.394. The Bertz CT molecular complexity index is 1470. The Morgan fingerprint density at radius 1 is 0.952 bits per heavy atom. The van der Waals surface area contributed by atoms with Crippen molar-refractivity contribution in [3.8, 4) is 5.75 Å². The second-order valence-electron chi connectivity index (χ2n) is 10.9.